The molecule has 8 rings (SSSR count). The number of allylic oxidation sites excluding steroid dienone is 1. The number of anilines is 3. The van der Waals surface area contributed by atoms with E-state index in [1.165, 1.54) is 58.8 Å². The highest BCUT2D eigenvalue weighted by molar-refractivity contribution is 7.25. The zero-order chi connectivity index (χ0) is 31.7. The largest absolute Gasteiger partial charge is 0.310 e. The predicted octanol–water partition coefficient (Wildman–Crippen LogP) is 13.7. The highest BCUT2D eigenvalue weighted by Crippen LogP contribution is 2.42. The van der Waals surface area contributed by atoms with Crippen LogP contribution in [0.1, 0.15) is 18.1 Å². The van der Waals surface area contributed by atoms with Crippen LogP contribution in [0.25, 0.3) is 65.4 Å². The molecule has 0 fully saturated rings. The van der Waals surface area contributed by atoms with Gasteiger partial charge in [0, 0.05) is 37.2 Å². The Morgan fingerprint density at radius 2 is 1.19 bits per heavy atom. The normalized spacial score (nSPS) is 11.5. The van der Waals surface area contributed by atoms with E-state index in [9.17, 15) is 0 Å². The molecule has 0 unspecified atom stereocenters. The highest BCUT2D eigenvalue weighted by Gasteiger charge is 2.17. The predicted molar refractivity (Wildman–Crippen MR) is 207 cm³/mol. The van der Waals surface area contributed by atoms with E-state index in [4.69, 9.17) is 0 Å². The molecule has 0 atom stereocenters. The lowest BCUT2D eigenvalue weighted by Gasteiger charge is -2.26. The van der Waals surface area contributed by atoms with Crippen LogP contribution in [0, 0.1) is 0 Å². The summed E-state index contributed by atoms with van der Waals surface area (Å²) in [5, 5.41) is 5.04. The van der Waals surface area contributed by atoms with Gasteiger partial charge in [-0.1, -0.05) is 128 Å². The number of thiophene rings is 1. The van der Waals surface area contributed by atoms with Gasteiger partial charge in [-0.25, -0.2) is 0 Å². The molecule has 0 amide bonds. The third-order valence-corrected chi connectivity index (χ3v) is 10.1. The lowest BCUT2D eigenvalue weighted by Crippen LogP contribution is -2.10. The third-order valence-electron chi connectivity index (χ3n) is 8.94. The molecule has 7 aromatic carbocycles. The molecule has 0 radical (unpaired) electrons. The van der Waals surface area contributed by atoms with Gasteiger partial charge in [-0.05, 0) is 99.6 Å². The number of nitrogens with zero attached hydrogens (tertiary/aromatic N) is 1. The molecule has 1 aromatic heterocycles. The Hall–Kier alpha value is -5.70. The monoisotopic (exact) mass is 619 g/mol. The minimum atomic E-state index is 1.11. The Labute approximate surface area is 280 Å². The molecular formula is C45H33NS. The van der Waals surface area contributed by atoms with Gasteiger partial charge < -0.3 is 4.90 Å². The Morgan fingerprint density at radius 1 is 0.511 bits per heavy atom. The number of fused-ring (bicyclic) bond motifs is 4. The van der Waals surface area contributed by atoms with Crippen molar-refractivity contribution in [3.63, 3.8) is 0 Å². The Morgan fingerprint density at radius 3 is 2.00 bits per heavy atom. The van der Waals surface area contributed by atoms with Gasteiger partial charge in [0.05, 0.1) is 0 Å². The Balaban J connectivity index is 1.29. The maximum atomic E-state index is 4.19. The molecule has 0 bridgehead atoms. The van der Waals surface area contributed by atoms with E-state index in [1.807, 2.05) is 17.4 Å². The lowest BCUT2D eigenvalue weighted by atomic mass is 9.90. The Bertz CT molecular complexity index is 2430. The van der Waals surface area contributed by atoms with Crippen LogP contribution in [0.3, 0.4) is 0 Å². The molecule has 47 heavy (non-hydrogen) atoms. The van der Waals surface area contributed by atoms with Crippen LogP contribution < -0.4 is 4.90 Å². The van der Waals surface area contributed by atoms with Gasteiger partial charge in [0.2, 0.25) is 0 Å². The van der Waals surface area contributed by atoms with Gasteiger partial charge in [-0.2, -0.15) is 0 Å². The van der Waals surface area contributed by atoms with Crippen LogP contribution in [0.4, 0.5) is 17.1 Å². The van der Waals surface area contributed by atoms with E-state index in [0.29, 0.717) is 0 Å². The molecule has 0 aliphatic heterocycles. The van der Waals surface area contributed by atoms with E-state index < -0.39 is 0 Å². The van der Waals surface area contributed by atoms with Crippen molar-refractivity contribution in [1.29, 1.82) is 0 Å². The van der Waals surface area contributed by atoms with Crippen LogP contribution in [0.15, 0.2) is 164 Å². The van der Waals surface area contributed by atoms with Gasteiger partial charge in [-0.15, -0.1) is 11.3 Å². The van der Waals surface area contributed by atoms with E-state index in [1.54, 1.807) is 0 Å². The number of hydrogen-bond donors (Lipinski definition) is 0. The van der Waals surface area contributed by atoms with Crippen molar-refractivity contribution in [3.05, 3.63) is 175 Å². The summed E-state index contributed by atoms with van der Waals surface area (Å²) in [5.74, 6) is 0. The van der Waals surface area contributed by atoms with Crippen LogP contribution in [-0.2, 0) is 0 Å². The van der Waals surface area contributed by atoms with Gasteiger partial charge in [0.25, 0.3) is 0 Å². The number of hydrogen-bond acceptors (Lipinski definition) is 2. The molecule has 0 aliphatic rings. The number of rotatable bonds is 7. The summed E-state index contributed by atoms with van der Waals surface area (Å²) in [6.07, 6.45) is 6.30. The fourth-order valence-corrected chi connectivity index (χ4v) is 7.88. The minimum absolute atomic E-state index is 1.11. The van der Waals surface area contributed by atoms with Crippen molar-refractivity contribution in [1.82, 2.24) is 0 Å². The summed E-state index contributed by atoms with van der Waals surface area (Å²) in [6.45, 7) is 6.26. The van der Waals surface area contributed by atoms with Gasteiger partial charge >= 0.3 is 0 Å². The van der Waals surface area contributed by atoms with E-state index in [2.05, 4.69) is 182 Å². The smallest absolute Gasteiger partial charge is 0.0476 e. The molecule has 1 nitrogen and oxygen atoms in total. The third kappa shape index (κ3) is 5.23. The number of benzene rings is 7. The highest BCUT2D eigenvalue weighted by atomic mass is 32.1. The fourth-order valence-electron chi connectivity index (χ4n) is 6.74. The fraction of sp³-hybridized carbons (Fsp3) is 0.0222. The molecule has 0 saturated carbocycles. The quantitative estimate of drug-likeness (QED) is 0.172. The second-order valence-corrected chi connectivity index (χ2v) is 12.8. The summed E-state index contributed by atoms with van der Waals surface area (Å²) < 4.78 is 2.60. The van der Waals surface area contributed by atoms with E-state index in [-0.39, 0.29) is 0 Å². The molecular weight excluding hydrogens is 587 g/mol. The zero-order valence-corrected chi connectivity index (χ0v) is 27.0. The first-order valence-corrected chi connectivity index (χ1v) is 16.8. The van der Waals surface area contributed by atoms with Crippen LogP contribution in [-0.4, -0.2) is 0 Å². The standard InChI is InChI=1S/C45H33NS/c1-3-13-40-38(4-2)39-19-9-8-16-34(39)29-43(40)32-22-24-35(25-23-32)46(36-18-12-17-33(28-36)31-14-6-5-7-15-31)37-26-27-42-41-20-10-11-21-44(41)47-45(42)30-37/h3-30H,2H2,1H3/b13-3-. The minimum Gasteiger partial charge on any atom is -0.310 e. The molecule has 0 saturated heterocycles. The molecule has 0 N–H and O–H groups in total. The van der Waals surface area contributed by atoms with Crippen LogP contribution in [0.5, 0.6) is 0 Å². The summed E-state index contributed by atoms with van der Waals surface area (Å²) in [7, 11) is 0. The lowest BCUT2D eigenvalue weighted by molar-refractivity contribution is 1.29. The van der Waals surface area contributed by atoms with E-state index in [0.717, 1.165) is 22.6 Å². The zero-order valence-electron chi connectivity index (χ0n) is 26.2. The molecule has 1 heterocycles. The van der Waals surface area contributed by atoms with Crippen molar-refractivity contribution in [2.24, 2.45) is 0 Å². The van der Waals surface area contributed by atoms with Crippen LogP contribution in [0.2, 0.25) is 0 Å². The van der Waals surface area contributed by atoms with Crippen LogP contribution >= 0.6 is 11.3 Å². The van der Waals surface area contributed by atoms with Crippen molar-refractivity contribution in [2.45, 2.75) is 6.92 Å². The summed E-state index contributed by atoms with van der Waals surface area (Å²) in [5.41, 5.74) is 10.5. The maximum Gasteiger partial charge on any atom is 0.0476 e. The van der Waals surface area contributed by atoms with Crippen molar-refractivity contribution in [3.8, 4) is 22.3 Å². The van der Waals surface area contributed by atoms with Crippen molar-refractivity contribution < 1.29 is 0 Å². The molecule has 0 aliphatic carbocycles. The summed E-state index contributed by atoms with van der Waals surface area (Å²) in [6, 6.07) is 54.9. The molecule has 0 spiro atoms. The summed E-state index contributed by atoms with van der Waals surface area (Å²) >= 11 is 1.85. The molecule has 8 aromatic rings. The second kappa shape index (κ2) is 12.2. The maximum absolute atomic E-state index is 4.19. The van der Waals surface area contributed by atoms with Gasteiger partial charge in [-0.3, -0.25) is 0 Å². The first kappa shape index (κ1) is 28.8. The van der Waals surface area contributed by atoms with Crippen molar-refractivity contribution >= 4 is 71.5 Å². The average Bonchev–Trinajstić information content (AvgIpc) is 3.50. The van der Waals surface area contributed by atoms with Gasteiger partial charge in [0.1, 0.15) is 0 Å². The molecule has 2 heteroatoms. The van der Waals surface area contributed by atoms with E-state index >= 15 is 0 Å². The topological polar surface area (TPSA) is 3.24 Å². The second-order valence-electron chi connectivity index (χ2n) is 11.8. The Kier molecular flexibility index (Phi) is 7.49. The first-order chi connectivity index (χ1) is 23.2. The summed E-state index contributed by atoms with van der Waals surface area (Å²) in [4.78, 5) is 2.38. The van der Waals surface area contributed by atoms with Gasteiger partial charge in [0.15, 0.2) is 0 Å². The average molecular weight is 620 g/mol. The SMILES string of the molecule is C=Cc1c(/C=C\C)c(-c2ccc(N(c3cccc(-c4ccccc4)c3)c3ccc4c(c3)sc3ccccc34)cc2)cc2ccccc12. The van der Waals surface area contributed by atoms with Crippen molar-refractivity contribution in [2.75, 3.05) is 4.90 Å². The molecule has 224 valence electrons. The first-order valence-electron chi connectivity index (χ1n) is 16.0.